The van der Waals surface area contributed by atoms with E-state index in [9.17, 15) is 9.59 Å². The highest BCUT2D eigenvalue weighted by Gasteiger charge is 2.44. The van der Waals surface area contributed by atoms with Gasteiger partial charge in [0, 0.05) is 5.92 Å². The quantitative estimate of drug-likeness (QED) is 0.383. The molecule has 0 amide bonds. The van der Waals surface area contributed by atoms with E-state index >= 15 is 0 Å². The Bertz CT molecular complexity index is 289. The number of methoxy groups -OCH3 is 1. The highest BCUT2D eigenvalue weighted by atomic mass is 16.5. The van der Waals surface area contributed by atoms with Crippen molar-refractivity contribution >= 4 is 11.8 Å². The fraction of sp³-hybridized carbons (Fsp3) is 0.636. The number of esters is 1. The lowest BCUT2D eigenvalue weighted by Gasteiger charge is -2.25. The molecule has 1 atom stereocenters. The maximum absolute atomic E-state index is 11.6. The van der Waals surface area contributed by atoms with Crippen LogP contribution >= 0.6 is 0 Å². The molecule has 0 spiro atoms. The molecule has 0 unspecified atom stereocenters. The van der Waals surface area contributed by atoms with E-state index in [0.29, 0.717) is 6.42 Å². The smallest absolute Gasteiger partial charge is 0.374 e. The monoisotopic (exact) mass is 196 g/mol. The number of rotatable bonds is 2. The molecule has 1 rings (SSSR count). The summed E-state index contributed by atoms with van der Waals surface area (Å²) in [6, 6.07) is 0. The summed E-state index contributed by atoms with van der Waals surface area (Å²) < 4.78 is 4.43. The predicted molar refractivity (Wildman–Crippen MR) is 52.7 cm³/mol. The lowest BCUT2D eigenvalue weighted by Crippen LogP contribution is -2.32. The Hall–Kier alpha value is -1.12. The van der Waals surface area contributed by atoms with Crippen molar-refractivity contribution in [3.8, 4) is 0 Å². The van der Waals surface area contributed by atoms with Crippen molar-refractivity contribution in [3.63, 3.8) is 0 Å². The molecule has 0 aliphatic heterocycles. The molecule has 0 radical (unpaired) electrons. The molecule has 0 aromatic rings. The van der Waals surface area contributed by atoms with Crippen LogP contribution in [0.25, 0.3) is 0 Å². The minimum atomic E-state index is -0.738. The highest BCUT2D eigenvalue weighted by molar-refractivity contribution is 6.34. The van der Waals surface area contributed by atoms with Crippen LogP contribution in [0.1, 0.15) is 26.7 Å². The maximum Gasteiger partial charge on any atom is 0.374 e. The lowest BCUT2D eigenvalue weighted by molar-refractivity contribution is -0.154. The van der Waals surface area contributed by atoms with Gasteiger partial charge < -0.3 is 4.74 Å². The fourth-order valence-electron chi connectivity index (χ4n) is 1.95. The lowest BCUT2D eigenvalue weighted by atomic mass is 9.77. The van der Waals surface area contributed by atoms with Crippen LogP contribution in [-0.4, -0.2) is 18.9 Å². The molecule has 3 heteroatoms. The van der Waals surface area contributed by atoms with Crippen molar-refractivity contribution < 1.29 is 14.3 Å². The molecule has 0 heterocycles. The van der Waals surface area contributed by atoms with E-state index in [1.807, 2.05) is 13.8 Å². The molecule has 78 valence electrons. The molecule has 1 saturated carbocycles. The van der Waals surface area contributed by atoms with Gasteiger partial charge in [-0.2, -0.15) is 0 Å². The summed E-state index contributed by atoms with van der Waals surface area (Å²) >= 11 is 0. The SMILES string of the molecule is C=C1CC[C@H](C(=O)C(=O)OC)C1(C)C. The Morgan fingerprint density at radius 3 is 2.43 bits per heavy atom. The van der Waals surface area contributed by atoms with Crippen molar-refractivity contribution in [1.29, 1.82) is 0 Å². The second-order valence-electron chi connectivity index (χ2n) is 4.27. The number of carbonyl (C=O) groups excluding carboxylic acids is 2. The second-order valence-corrected chi connectivity index (χ2v) is 4.27. The molecular formula is C11H16O3. The zero-order chi connectivity index (χ0) is 10.9. The Labute approximate surface area is 84.1 Å². The summed E-state index contributed by atoms with van der Waals surface area (Å²) in [5.74, 6) is -1.42. The Balaban J connectivity index is 2.85. The molecular weight excluding hydrogens is 180 g/mol. The maximum atomic E-state index is 11.6. The predicted octanol–water partition coefficient (Wildman–Crippen LogP) is 1.72. The summed E-state index contributed by atoms with van der Waals surface area (Å²) in [6.07, 6.45) is 1.53. The van der Waals surface area contributed by atoms with Crippen LogP contribution in [-0.2, 0) is 14.3 Å². The molecule has 0 saturated heterocycles. The Morgan fingerprint density at radius 2 is 2.07 bits per heavy atom. The minimum absolute atomic E-state index is 0.262. The van der Waals surface area contributed by atoms with Gasteiger partial charge in [-0.1, -0.05) is 26.0 Å². The number of Topliss-reactive ketones (excluding diaryl/α,β-unsaturated/α-hetero) is 1. The van der Waals surface area contributed by atoms with Crippen LogP contribution in [0.15, 0.2) is 12.2 Å². The first-order chi connectivity index (χ1) is 6.41. The zero-order valence-electron chi connectivity index (χ0n) is 8.92. The van der Waals surface area contributed by atoms with Gasteiger partial charge in [0.25, 0.3) is 0 Å². The van der Waals surface area contributed by atoms with E-state index < -0.39 is 11.8 Å². The van der Waals surface area contributed by atoms with Crippen LogP contribution in [0, 0.1) is 11.3 Å². The summed E-state index contributed by atoms with van der Waals surface area (Å²) in [5.41, 5.74) is 0.769. The van der Waals surface area contributed by atoms with Gasteiger partial charge in [0.2, 0.25) is 5.78 Å². The number of allylic oxidation sites excluding steroid dienone is 1. The third kappa shape index (κ3) is 1.59. The summed E-state index contributed by atoms with van der Waals surface area (Å²) in [4.78, 5) is 22.7. The number of hydrogen-bond donors (Lipinski definition) is 0. The van der Waals surface area contributed by atoms with E-state index in [2.05, 4.69) is 11.3 Å². The number of carbonyl (C=O) groups is 2. The normalized spacial score (nSPS) is 24.8. The molecule has 0 aromatic carbocycles. The van der Waals surface area contributed by atoms with Crippen LogP contribution < -0.4 is 0 Å². The van der Waals surface area contributed by atoms with Crippen molar-refractivity contribution in [2.45, 2.75) is 26.7 Å². The largest absolute Gasteiger partial charge is 0.463 e. The van der Waals surface area contributed by atoms with Gasteiger partial charge >= 0.3 is 5.97 Å². The average molecular weight is 196 g/mol. The van der Waals surface area contributed by atoms with E-state index in [1.165, 1.54) is 7.11 Å². The minimum Gasteiger partial charge on any atom is -0.463 e. The Morgan fingerprint density at radius 1 is 1.50 bits per heavy atom. The summed E-state index contributed by atoms with van der Waals surface area (Å²) in [5, 5.41) is 0. The molecule has 1 aliphatic carbocycles. The highest BCUT2D eigenvalue weighted by Crippen LogP contribution is 2.46. The first kappa shape index (κ1) is 11.0. The van der Waals surface area contributed by atoms with Gasteiger partial charge in [0.1, 0.15) is 0 Å². The van der Waals surface area contributed by atoms with Crippen molar-refractivity contribution in [2.75, 3.05) is 7.11 Å². The van der Waals surface area contributed by atoms with Crippen LogP contribution in [0.4, 0.5) is 0 Å². The standard InChI is InChI=1S/C11H16O3/c1-7-5-6-8(11(7,2)3)9(12)10(13)14-4/h8H,1,5-6H2,2-4H3/t8-/m1/s1. The van der Waals surface area contributed by atoms with Crippen molar-refractivity contribution in [2.24, 2.45) is 11.3 Å². The first-order valence-electron chi connectivity index (χ1n) is 4.71. The number of ether oxygens (including phenoxy) is 1. The van der Waals surface area contributed by atoms with Crippen LogP contribution in [0.2, 0.25) is 0 Å². The topological polar surface area (TPSA) is 43.4 Å². The molecule has 1 fully saturated rings. The molecule has 0 aromatic heterocycles. The van der Waals surface area contributed by atoms with E-state index in [4.69, 9.17) is 0 Å². The van der Waals surface area contributed by atoms with Crippen molar-refractivity contribution in [1.82, 2.24) is 0 Å². The van der Waals surface area contributed by atoms with Gasteiger partial charge in [-0.05, 0) is 18.3 Å². The molecule has 0 N–H and O–H groups in total. The molecule has 3 nitrogen and oxygen atoms in total. The van der Waals surface area contributed by atoms with Gasteiger partial charge in [-0.25, -0.2) is 4.79 Å². The zero-order valence-corrected chi connectivity index (χ0v) is 8.92. The third-order valence-electron chi connectivity index (χ3n) is 3.22. The van der Waals surface area contributed by atoms with Crippen LogP contribution in [0.3, 0.4) is 0 Å². The van der Waals surface area contributed by atoms with E-state index in [-0.39, 0.29) is 11.3 Å². The van der Waals surface area contributed by atoms with Gasteiger partial charge in [-0.15, -0.1) is 0 Å². The van der Waals surface area contributed by atoms with E-state index in [0.717, 1.165) is 12.0 Å². The molecule has 14 heavy (non-hydrogen) atoms. The van der Waals surface area contributed by atoms with Gasteiger partial charge in [0.05, 0.1) is 7.11 Å². The molecule has 1 aliphatic rings. The molecule has 0 bridgehead atoms. The van der Waals surface area contributed by atoms with Gasteiger partial charge in [0.15, 0.2) is 0 Å². The summed E-state index contributed by atoms with van der Waals surface area (Å²) in [6.45, 7) is 7.82. The average Bonchev–Trinajstić information content (AvgIpc) is 2.40. The number of ketones is 1. The van der Waals surface area contributed by atoms with Crippen molar-refractivity contribution in [3.05, 3.63) is 12.2 Å². The first-order valence-corrected chi connectivity index (χ1v) is 4.71. The second kappa shape index (κ2) is 3.56. The van der Waals surface area contributed by atoms with Crippen LogP contribution in [0.5, 0.6) is 0 Å². The Kier molecular flexibility index (Phi) is 2.79. The summed E-state index contributed by atoms with van der Waals surface area (Å²) in [7, 11) is 1.23. The fourth-order valence-corrected chi connectivity index (χ4v) is 1.95. The van der Waals surface area contributed by atoms with Gasteiger partial charge in [-0.3, -0.25) is 4.79 Å². The van der Waals surface area contributed by atoms with E-state index in [1.54, 1.807) is 0 Å². The number of hydrogen-bond acceptors (Lipinski definition) is 3. The third-order valence-corrected chi connectivity index (χ3v) is 3.22.